The van der Waals surface area contributed by atoms with Gasteiger partial charge in [-0.3, -0.25) is 9.69 Å². The number of rotatable bonds is 6. The number of hydrogen-bond acceptors (Lipinski definition) is 6. The van der Waals surface area contributed by atoms with Crippen molar-refractivity contribution in [2.75, 3.05) is 18.5 Å². The van der Waals surface area contributed by atoms with Gasteiger partial charge in [-0.05, 0) is 56.9 Å². The zero-order valence-corrected chi connectivity index (χ0v) is 19.9. The van der Waals surface area contributed by atoms with Crippen LogP contribution < -0.4 is 5.32 Å². The smallest absolute Gasteiger partial charge is 0.407 e. The largest absolute Gasteiger partial charge is 0.465 e. The number of imidazole rings is 1. The molecule has 1 aliphatic heterocycles. The summed E-state index contributed by atoms with van der Waals surface area (Å²) in [6, 6.07) is 7.33. The molecular formula is C25H26FN5O5. The molecule has 0 saturated carbocycles. The molecule has 36 heavy (non-hydrogen) atoms. The van der Waals surface area contributed by atoms with Crippen molar-refractivity contribution < 1.29 is 28.6 Å². The molecule has 1 aliphatic rings. The number of amides is 2. The summed E-state index contributed by atoms with van der Waals surface area (Å²) in [5, 5.41) is 12.2. The number of benzene rings is 1. The number of likely N-dealkylation sites (tertiary alicyclic amines) is 1. The van der Waals surface area contributed by atoms with Crippen LogP contribution in [0.3, 0.4) is 0 Å². The van der Waals surface area contributed by atoms with Gasteiger partial charge >= 0.3 is 12.1 Å². The number of carboxylic acid groups (broad SMARTS) is 1. The minimum atomic E-state index is -1.04. The van der Waals surface area contributed by atoms with E-state index in [0.29, 0.717) is 41.2 Å². The fourth-order valence-corrected chi connectivity index (χ4v) is 4.13. The van der Waals surface area contributed by atoms with Gasteiger partial charge < -0.3 is 20.1 Å². The van der Waals surface area contributed by atoms with Gasteiger partial charge in [0.2, 0.25) is 0 Å². The van der Waals surface area contributed by atoms with E-state index in [4.69, 9.17) is 4.74 Å². The fourth-order valence-electron chi connectivity index (χ4n) is 4.13. The molecule has 1 saturated heterocycles. The number of ether oxygens (including phenoxy) is 1. The summed E-state index contributed by atoms with van der Waals surface area (Å²) < 4.78 is 18.6. The van der Waals surface area contributed by atoms with Crippen LogP contribution in [0.4, 0.5) is 15.0 Å². The lowest BCUT2D eigenvalue weighted by Gasteiger charge is -2.32. The van der Waals surface area contributed by atoms with E-state index in [1.54, 1.807) is 38.1 Å². The molecule has 10 nitrogen and oxygen atoms in total. The van der Waals surface area contributed by atoms with Gasteiger partial charge in [0.15, 0.2) is 5.69 Å². The van der Waals surface area contributed by atoms with E-state index in [1.165, 1.54) is 11.0 Å². The number of carbonyl (C=O) groups excluding carboxylic acids is 2. The molecule has 11 heteroatoms. The molecule has 3 aromatic rings. The first kappa shape index (κ1) is 24.8. The number of halogens is 1. The van der Waals surface area contributed by atoms with Crippen LogP contribution in [0.1, 0.15) is 64.5 Å². The van der Waals surface area contributed by atoms with E-state index >= 15 is 0 Å². The Kier molecular flexibility index (Phi) is 7.28. The summed E-state index contributed by atoms with van der Waals surface area (Å²) >= 11 is 0. The van der Waals surface area contributed by atoms with Crippen LogP contribution >= 0.6 is 0 Å². The molecule has 3 N–H and O–H groups in total. The number of piperidine rings is 1. The highest BCUT2D eigenvalue weighted by molar-refractivity contribution is 6.04. The summed E-state index contributed by atoms with van der Waals surface area (Å²) in [6.45, 7) is 3.81. The van der Waals surface area contributed by atoms with Crippen LogP contribution in [0.5, 0.6) is 0 Å². The predicted octanol–water partition coefficient (Wildman–Crippen LogP) is 4.55. The lowest BCUT2D eigenvalue weighted by atomic mass is 10.0. The van der Waals surface area contributed by atoms with E-state index < -0.39 is 29.8 Å². The van der Waals surface area contributed by atoms with Gasteiger partial charge in [0.1, 0.15) is 23.2 Å². The minimum Gasteiger partial charge on any atom is -0.465 e. The van der Waals surface area contributed by atoms with Crippen molar-refractivity contribution >= 4 is 23.8 Å². The molecule has 2 aromatic heterocycles. The Labute approximate surface area is 206 Å². The molecule has 0 radical (unpaired) electrons. The number of aromatic nitrogens is 3. The van der Waals surface area contributed by atoms with Crippen LogP contribution in [0.25, 0.3) is 11.3 Å². The van der Waals surface area contributed by atoms with Crippen LogP contribution in [0.2, 0.25) is 0 Å². The van der Waals surface area contributed by atoms with Crippen LogP contribution in [0.15, 0.2) is 36.5 Å². The number of carbonyl (C=O) groups is 3. The van der Waals surface area contributed by atoms with Gasteiger partial charge in [0.05, 0.1) is 18.8 Å². The maximum absolute atomic E-state index is 13.4. The van der Waals surface area contributed by atoms with Gasteiger partial charge in [-0.15, -0.1) is 0 Å². The average Bonchev–Trinajstić information content (AvgIpc) is 3.32. The number of H-pyrrole nitrogens is 1. The lowest BCUT2D eigenvalue weighted by molar-refractivity contribution is 0.0520. The molecule has 1 unspecified atom stereocenters. The Morgan fingerprint density at radius 1 is 1.25 bits per heavy atom. The third-order valence-corrected chi connectivity index (χ3v) is 5.97. The quantitative estimate of drug-likeness (QED) is 0.427. The SMILES string of the molecule is CCOC(=O)c1[nH]c(C2CCCCN2C(=O)O)nc1-c1ccc(C(=O)Nc2cc(C)c(F)cn2)cc1. The Morgan fingerprint density at radius 3 is 2.67 bits per heavy atom. The molecule has 0 bridgehead atoms. The molecule has 0 aliphatic carbocycles. The second-order valence-electron chi connectivity index (χ2n) is 8.40. The number of esters is 1. The first-order chi connectivity index (χ1) is 17.3. The number of nitrogens with zero attached hydrogens (tertiary/aromatic N) is 3. The maximum Gasteiger partial charge on any atom is 0.407 e. The fraction of sp³-hybridized carbons (Fsp3) is 0.320. The monoisotopic (exact) mass is 495 g/mol. The zero-order chi connectivity index (χ0) is 25.8. The van der Waals surface area contributed by atoms with E-state index in [9.17, 15) is 23.9 Å². The highest BCUT2D eigenvalue weighted by Crippen LogP contribution is 2.32. The molecule has 2 amide bonds. The van der Waals surface area contributed by atoms with Crippen molar-refractivity contribution in [2.24, 2.45) is 0 Å². The van der Waals surface area contributed by atoms with Crippen molar-refractivity contribution in [2.45, 2.75) is 39.2 Å². The molecule has 1 aromatic carbocycles. The molecule has 4 rings (SSSR count). The van der Waals surface area contributed by atoms with Crippen LogP contribution in [-0.4, -0.2) is 56.1 Å². The number of hydrogen-bond donors (Lipinski definition) is 3. The van der Waals surface area contributed by atoms with Crippen molar-refractivity contribution in [1.29, 1.82) is 0 Å². The second kappa shape index (κ2) is 10.5. The summed E-state index contributed by atoms with van der Waals surface area (Å²) in [5.41, 5.74) is 1.65. The normalized spacial score (nSPS) is 15.4. The van der Waals surface area contributed by atoms with Crippen molar-refractivity contribution in [3.63, 3.8) is 0 Å². The standard InChI is InChI=1S/C25H26FN5O5/c1-3-36-24(33)21-20(29-22(30-21)18-6-4-5-11-31(18)25(34)35)15-7-9-16(10-8-15)23(32)28-19-12-14(2)17(26)13-27-19/h7-10,12-13,18H,3-6,11H2,1-2H3,(H,29,30)(H,34,35)(H,27,28,32). The van der Waals surface area contributed by atoms with Crippen molar-refractivity contribution in [1.82, 2.24) is 19.9 Å². The highest BCUT2D eigenvalue weighted by Gasteiger charge is 2.32. The molecule has 0 spiro atoms. The Hall–Kier alpha value is -4.28. The Balaban J connectivity index is 1.62. The molecular weight excluding hydrogens is 469 g/mol. The van der Waals surface area contributed by atoms with Crippen molar-refractivity contribution in [3.05, 3.63) is 65.0 Å². The van der Waals surface area contributed by atoms with E-state index in [-0.39, 0.29) is 18.1 Å². The topological polar surface area (TPSA) is 138 Å². The highest BCUT2D eigenvalue weighted by atomic mass is 19.1. The Morgan fingerprint density at radius 2 is 2.00 bits per heavy atom. The minimum absolute atomic E-state index is 0.117. The average molecular weight is 496 g/mol. The maximum atomic E-state index is 13.4. The zero-order valence-electron chi connectivity index (χ0n) is 19.9. The van der Waals surface area contributed by atoms with Gasteiger partial charge in [-0.1, -0.05) is 12.1 Å². The summed E-state index contributed by atoms with van der Waals surface area (Å²) in [5.74, 6) is -0.918. The lowest BCUT2D eigenvalue weighted by Crippen LogP contribution is -2.38. The predicted molar refractivity (Wildman–Crippen MR) is 128 cm³/mol. The second-order valence-corrected chi connectivity index (χ2v) is 8.40. The summed E-state index contributed by atoms with van der Waals surface area (Å²) in [4.78, 5) is 49.8. The van der Waals surface area contributed by atoms with Gasteiger partial charge in [-0.2, -0.15) is 0 Å². The van der Waals surface area contributed by atoms with Gasteiger partial charge in [0.25, 0.3) is 5.91 Å². The number of aromatic amines is 1. The first-order valence-electron chi connectivity index (χ1n) is 11.6. The third kappa shape index (κ3) is 5.19. The van der Waals surface area contributed by atoms with E-state index in [0.717, 1.165) is 19.0 Å². The summed E-state index contributed by atoms with van der Waals surface area (Å²) in [7, 11) is 0. The number of pyridine rings is 1. The first-order valence-corrected chi connectivity index (χ1v) is 11.6. The molecule has 1 fully saturated rings. The van der Waals surface area contributed by atoms with Crippen LogP contribution in [0, 0.1) is 12.7 Å². The Bertz CT molecular complexity index is 1290. The molecule has 3 heterocycles. The number of anilines is 1. The number of aryl methyl sites for hydroxylation is 1. The third-order valence-electron chi connectivity index (χ3n) is 5.97. The van der Waals surface area contributed by atoms with E-state index in [1.807, 2.05) is 0 Å². The van der Waals surface area contributed by atoms with Crippen molar-refractivity contribution in [3.8, 4) is 11.3 Å². The van der Waals surface area contributed by atoms with Gasteiger partial charge in [-0.25, -0.2) is 23.9 Å². The number of nitrogens with one attached hydrogen (secondary N) is 2. The van der Waals surface area contributed by atoms with Gasteiger partial charge in [0, 0.05) is 17.7 Å². The molecule has 188 valence electrons. The van der Waals surface area contributed by atoms with E-state index in [2.05, 4.69) is 20.3 Å². The molecule has 1 atom stereocenters. The summed E-state index contributed by atoms with van der Waals surface area (Å²) in [6.07, 6.45) is 2.18. The van der Waals surface area contributed by atoms with Crippen LogP contribution in [-0.2, 0) is 4.74 Å².